The highest BCUT2D eigenvalue weighted by Gasteiger charge is 2.42. The third-order valence-corrected chi connectivity index (χ3v) is 6.47. The Kier molecular flexibility index (Phi) is 6.58. The molecule has 0 aromatic rings. The molecule has 2 saturated carbocycles. The molecule has 128 valence electrons. The lowest BCUT2D eigenvalue weighted by Crippen LogP contribution is -2.41. The molecule has 4 heteroatoms. The molecule has 2 aliphatic carbocycles. The van der Waals surface area contributed by atoms with Crippen LogP contribution in [0.1, 0.15) is 58.8 Å². The zero-order valence-corrected chi connectivity index (χ0v) is 15.0. The van der Waals surface area contributed by atoms with Gasteiger partial charge in [-0.3, -0.25) is 4.79 Å². The van der Waals surface area contributed by atoms with Crippen LogP contribution in [-0.2, 0) is 4.79 Å². The van der Waals surface area contributed by atoms with Crippen LogP contribution in [0.5, 0.6) is 0 Å². The fraction of sp³-hybridized carbons (Fsp3) is 0.944. The van der Waals surface area contributed by atoms with Gasteiger partial charge in [-0.15, -0.1) is 12.4 Å². The molecular formula is C18H33ClN2O. The summed E-state index contributed by atoms with van der Waals surface area (Å²) >= 11 is 0. The summed E-state index contributed by atoms with van der Waals surface area (Å²) in [4.78, 5) is 12.3. The quantitative estimate of drug-likeness (QED) is 0.812. The molecule has 3 aliphatic rings. The Balaban J connectivity index is 0.00000176. The molecule has 6 unspecified atom stereocenters. The predicted molar refractivity (Wildman–Crippen MR) is 93.2 cm³/mol. The summed E-state index contributed by atoms with van der Waals surface area (Å²) in [6.07, 6.45) is 8.87. The summed E-state index contributed by atoms with van der Waals surface area (Å²) in [7, 11) is 0. The maximum absolute atomic E-state index is 12.3. The molecule has 0 spiro atoms. The van der Waals surface area contributed by atoms with Gasteiger partial charge in [0.15, 0.2) is 0 Å². The molecule has 3 nitrogen and oxygen atoms in total. The molecule has 3 fully saturated rings. The van der Waals surface area contributed by atoms with Crippen molar-refractivity contribution in [2.75, 3.05) is 13.1 Å². The normalized spacial score (nSPS) is 36.5. The zero-order chi connectivity index (χ0) is 14.8. The highest BCUT2D eigenvalue weighted by molar-refractivity contribution is 5.85. The molecule has 1 saturated heterocycles. The van der Waals surface area contributed by atoms with Crippen LogP contribution in [0.15, 0.2) is 0 Å². The van der Waals surface area contributed by atoms with Crippen molar-refractivity contribution in [3.8, 4) is 0 Å². The topological polar surface area (TPSA) is 41.1 Å². The van der Waals surface area contributed by atoms with Crippen LogP contribution in [0.25, 0.3) is 0 Å². The summed E-state index contributed by atoms with van der Waals surface area (Å²) < 4.78 is 0. The number of amides is 1. The van der Waals surface area contributed by atoms with Gasteiger partial charge in [0.2, 0.25) is 5.91 Å². The van der Waals surface area contributed by atoms with Gasteiger partial charge in [0.25, 0.3) is 0 Å². The lowest BCUT2D eigenvalue weighted by molar-refractivity contribution is -0.123. The first-order valence-electron chi connectivity index (χ1n) is 9.13. The second kappa shape index (κ2) is 8.01. The molecule has 6 atom stereocenters. The molecule has 0 radical (unpaired) electrons. The Labute approximate surface area is 141 Å². The third kappa shape index (κ3) is 4.17. The first-order chi connectivity index (χ1) is 10.1. The number of rotatable bonds is 5. The maximum atomic E-state index is 12.3. The number of piperidine rings is 1. The summed E-state index contributed by atoms with van der Waals surface area (Å²) in [5.41, 5.74) is 0. The Morgan fingerprint density at radius 1 is 1.23 bits per heavy atom. The first-order valence-corrected chi connectivity index (χ1v) is 9.13. The van der Waals surface area contributed by atoms with Crippen molar-refractivity contribution < 1.29 is 4.79 Å². The van der Waals surface area contributed by atoms with Gasteiger partial charge in [0, 0.05) is 12.5 Å². The van der Waals surface area contributed by atoms with Crippen molar-refractivity contribution in [3.05, 3.63) is 0 Å². The Bertz CT molecular complexity index is 370. The third-order valence-electron chi connectivity index (χ3n) is 6.47. The number of halogens is 1. The maximum Gasteiger partial charge on any atom is 0.220 e. The number of hydrogen-bond donors (Lipinski definition) is 2. The van der Waals surface area contributed by atoms with Crippen molar-refractivity contribution >= 4 is 18.3 Å². The van der Waals surface area contributed by atoms with Crippen molar-refractivity contribution in [2.45, 2.75) is 64.8 Å². The van der Waals surface area contributed by atoms with Gasteiger partial charge in [0.05, 0.1) is 0 Å². The van der Waals surface area contributed by atoms with E-state index in [0.717, 1.165) is 30.8 Å². The lowest BCUT2D eigenvalue weighted by atomic mass is 9.83. The minimum Gasteiger partial charge on any atom is -0.353 e. The highest BCUT2D eigenvalue weighted by Crippen LogP contribution is 2.49. The standard InChI is InChI=1S/C18H32N2O.ClH/c1-12(16-4-3-7-19-11-16)8-18(21)20-13(2)17-10-14-5-6-15(17)9-14;/h12-17,19H,3-11H2,1-2H3,(H,20,21);1H. The minimum atomic E-state index is 0. The molecule has 22 heavy (non-hydrogen) atoms. The van der Waals surface area contributed by atoms with E-state index in [0.29, 0.717) is 24.3 Å². The number of fused-ring (bicyclic) bond motifs is 2. The van der Waals surface area contributed by atoms with E-state index >= 15 is 0 Å². The van der Waals surface area contributed by atoms with Gasteiger partial charge >= 0.3 is 0 Å². The van der Waals surface area contributed by atoms with E-state index in [1.54, 1.807) is 0 Å². The van der Waals surface area contributed by atoms with Crippen LogP contribution in [-0.4, -0.2) is 25.0 Å². The molecule has 2 bridgehead atoms. The van der Waals surface area contributed by atoms with E-state index in [9.17, 15) is 4.79 Å². The van der Waals surface area contributed by atoms with Crippen LogP contribution in [0.4, 0.5) is 0 Å². The zero-order valence-electron chi connectivity index (χ0n) is 14.1. The second-order valence-electron chi connectivity index (χ2n) is 7.98. The number of hydrogen-bond acceptors (Lipinski definition) is 2. The summed E-state index contributed by atoms with van der Waals surface area (Å²) in [5, 5.41) is 6.78. The van der Waals surface area contributed by atoms with Crippen molar-refractivity contribution in [2.24, 2.45) is 29.6 Å². The van der Waals surface area contributed by atoms with Crippen LogP contribution in [0.3, 0.4) is 0 Å². The van der Waals surface area contributed by atoms with Crippen LogP contribution >= 0.6 is 12.4 Å². The fourth-order valence-corrected chi connectivity index (χ4v) is 5.15. The average molecular weight is 329 g/mol. The van der Waals surface area contributed by atoms with Crippen LogP contribution < -0.4 is 10.6 Å². The van der Waals surface area contributed by atoms with Crippen LogP contribution in [0, 0.1) is 29.6 Å². The van der Waals surface area contributed by atoms with Gasteiger partial charge in [-0.25, -0.2) is 0 Å². The fourth-order valence-electron chi connectivity index (χ4n) is 5.15. The average Bonchev–Trinajstić information content (AvgIpc) is 3.10. The summed E-state index contributed by atoms with van der Waals surface area (Å²) in [6.45, 7) is 6.72. The van der Waals surface area contributed by atoms with Crippen molar-refractivity contribution in [3.63, 3.8) is 0 Å². The highest BCUT2D eigenvalue weighted by atomic mass is 35.5. The van der Waals surface area contributed by atoms with E-state index in [-0.39, 0.29) is 18.3 Å². The van der Waals surface area contributed by atoms with Gasteiger partial charge < -0.3 is 10.6 Å². The molecule has 1 amide bonds. The Morgan fingerprint density at radius 3 is 2.64 bits per heavy atom. The van der Waals surface area contributed by atoms with E-state index in [2.05, 4.69) is 24.5 Å². The minimum absolute atomic E-state index is 0. The molecule has 1 aliphatic heterocycles. The van der Waals surface area contributed by atoms with Gasteiger partial charge in [-0.2, -0.15) is 0 Å². The van der Waals surface area contributed by atoms with E-state index in [1.807, 2.05) is 0 Å². The number of nitrogens with one attached hydrogen (secondary N) is 2. The van der Waals surface area contributed by atoms with Gasteiger partial charge in [-0.1, -0.05) is 13.3 Å². The molecule has 0 aromatic carbocycles. The number of carbonyl (C=O) groups excluding carboxylic acids is 1. The van der Waals surface area contributed by atoms with E-state index < -0.39 is 0 Å². The molecule has 2 N–H and O–H groups in total. The summed E-state index contributed by atoms with van der Waals surface area (Å²) in [5.74, 6) is 4.08. The SMILES string of the molecule is CC(CC(=O)NC(C)C1CC2CCC1C2)C1CCCNC1.Cl. The summed E-state index contributed by atoms with van der Waals surface area (Å²) in [6, 6.07) is 0.379. The largest absolute Gasteiger partial charge is 0.353 e. The lowest BCUT2D eigenvalue weighted by Gasteiger charge is -2.30. The predicted octanol–water partition coefficient (Wildman–Crippen LogP) is 3.37. The second-order valence-corrected chi connectivity index (χ2v) is 7.98. The van der Waals surface area contributed by atoms with Crippen molar-refractivity contribution in [1.29, 1.82) is 0 Å². The smallest absolute Gasteiger partial charge is 0.220 e. The molecule has 0 aromatic heterocycles. The monoisotopic (exact) mass is 328 g/mol. The van der Waals surface area contributed by atoms with E-state index in [4.69, 9.17) is 0 Å². The molecular weight excluding hydrogens is 296 g/mol. The van der Waals surface area contributed by atoms with E-state index in [1.165, 1.54) is 38.5 Å². The number of carbonyl (C=O) groups is 1. The molecule has 1 heterocycles. The van der Waals surface area contributed by atoms with Crippen LogP contribution in [0.2, 0.25) is 0 Å². The van der Waals surface area contributed by atoms with Crippen molar-refractivity contribution in [1.82, 2.24) is 10.6 Å². The Hall–Kier alpha value is -0.280. The van der Waals surface area contributed by atoms with Gasteiger partial charge in [0.1, 0.15) is 0 Å². The first kappa shape index (κ1) is 18.1. The Morgan fingerprint density at radius 2 is 2.05 bits per heavy atom. The van der Waals surface area contributed by atoms with Gasteiger partial charge in [-0.05, 0) is 81.7 Å². The molecule has 3 rings (SSSR count).